The molecule has 0 aliphatic rings. The van der Waals surface area contributed by atoms with Crippen LogP contribution in [0.4, 0.5) is 4.79 Å². The summed E-state index contributed by atoms with van der Waals surface area (Å²) in [4.78, 5) is 11.4. The molecule has 0 unspecified atom stereocenters. The molecule has 21 heavy (non-hydrogen) atoms. The standard InChI is InChI=1S/C16H19N3O2/c1-16(2,3)21-15(20)17-10-5-4-7-12-8-6-9-14-13(12)11-18-19-14/h6,8-9,11H,5,10H2,1-3H3,(H,17,20)(H,18,19). The minimum atomic E-state index is -0.479. The molecule has 1 heterocycles. The van der Waals surface area contributed by atoms with Crippen LogP contribution in [0.2, 0.25) is 0 Å². The van der Waals surface area contributed by atoms with E-state index in [9.17, 15) is 4.79 Å². The van der Waals surface area contributed by atoms with Gasteiger partial charge in [-0.05, 0) is 32.9 Å². The zero-order valence-electron chi connectivity index (χ0n) is 12.5. The van der Waals surface area contributed by atoms with Gasteiger partial charge in [0, 0.05) is 23.9 Å². The molecular formula is C16H19N3O2. The van der Waals surface area contributed by atoms with Gasteiger partial charge in [-0.2, -0.15) is 5.10 Å². The average Bonchev–Trinajstić information content (AvgIpc) is 2.85. The molecule has 0 fully saturated rings. The summed E-state index contributed by atoms with van der Waals surface area (Å²) in [5.41, 5.74) is 1.42. The number of nitrogens with one attached hydrogen (secondary N) is 2. The van der Waals surface area contributed by atoms with Crippen LogP contribution in [-0.4, -0.2) is 28.4 Å². The van der Waals surface area contributed by atoms with Gasteiger partial charge in [0.15, 0.2) is 0 Å². The van der Waals surface area contributed by atoms with Gasteiger partial charge in [-0.15, -0.1) is 0 Å². The lowest BCUT2D eigenvalue weighted by Gasteiger charge is -2.19. The molecule has 5 nitrogen and oxygen atoms in total. The van der Waals surface area contributed by atoms with Crippen LogP contribution in [0.1, 0.15) is 32.8 Å². The summed E-state index contributed by atoms with van der Waals surface area (Å²) in [6, 6.07) is 5.84. The number of rotatable bonds is 2. The lowest BCUT2D eigenvalue weighted by atomic mass is 10.1. The fraction of sp³-hybridized carbons (Fsp3) is 0.375. The smallest absolute Gasteiger partial charge is 0.407 e. The normalized spacial score (nSPS) is 10.8. The van der Waals surface area contributed by atoms with Crippen molar-refractivity contribution >= 4 is 17.0 Å². The molecule has 5 heteroatoms. The lowest BCUT2D eigenvalue weighted by molar-refractivity contribution is 0.0529. The first kappa shape index (κ1) is 14.9. The monoisotopic (exact) mass is 285 g/mol. The van der Waals surface area contributed by atoms with E-state index in [1.807, 2.05) is 39.0 Å². The van der Waals surface area contributed by atoms with Crippen LogP contribution in [0, 0.1) is 11.8 Å². The van der Waals surface area contributed by atoms with Gasteiger partial charge in [-0.3, -0.25) is 5.10 Å². The van der Waals surface area contributed by atoms with Crippen LogP contribution in [0.5, 0.6) is 0 Å². The highest BCUT2D eigenvalue weighted by Crippen LogP contribution is 2.14. The predicted molar refractivity (Wildman–Crippen MR) is 81.8 cm³/mol. The lowest BCUT2D eigenvalue weighted by Crippen LogP contribution is -2.32. The van der Waals surface area contributed by atoms with Crippen LogP contribution in [0.15, 0.2) is 24.4 Å². The fourth-order valence-electron chi connectivity index (χ4n) is 1.78. The number of hydrogen-bond acceptors (Lipinski definition) is 3. The maximum absolute atomic E-state index is 11.4. The Balaban J connectivity index is 1.85. The average molecular weight is 285 g/mol. The quantitative estimate of drug-likeness (QED) is 0.658. The zero-order valence-corrected chi connectivity index (χ0v) is 12.5. The molecule has 2 N–H and O–H groups in total. The molecule has 110 valence electrons. The highest BCUT2D eigenvalue weighted by Gasteiger charge is 2.15. The van der Waals surface area contributed by atoms with Gasteiger partial charge in [0.05, 0.1) is 11.7 Å². The molecule has 0 atom stereocenters. The number of fused-ring (bicyclic) bond motifs is 1. The number of ether oxygens (including phenoxy) is 1. The Bertz CT molecular complexity index is 687. The van der Waals surface area contributed by atoms with E-state index in [-0.39, 0.29) is 0 Å². The largest absolute Gasteiger partial charge is 0.444 e. The summed E-state index contributed by atoms with van der Waals surface area (Å²) in [5.74, 6) is 6.13. The van der Waals surface area contributed by atoms with E-state index < -0.39 is 11.7 Å². The van der Waals surface area contributed by atoms with Gasteiger partial charge in [0.25, 0.3) is 0 Å². The highest BCUT2D eigenvalue weighted by molar-refractivity contribution is 5.84. The van der Waals surface area contributed by atoms with Crippen molar-refractivity contribution in [2.75, 3.05) is 6.54 Å². The Morgan fingerprint density at radius 2 is 2.24 bits per heavy atom. The number of aromatic amines is 1. The maximum Gasteiger partial charge on any atom is 0.407 e. The third kappa shape index (κ3) is 4.53. The number of benzene rings is 1. The van der Waals surface area contributed by atoms with E-state index in [1.54, 1.807) is 6.20 Å². The summed E-state index contributed by atoms with van der Waals surface area (Å²) < 4.78 is 5.14. The van der Waals surface area contributed by atoms with Crippen molar-refractivity contribution < 1.29 is 9.53 Å². The number of hydrogen-bond donors (Lipinski definition) is 2. The van der Waals surface area contributed by atoms with Gasteiger partial charge < -0.3 is 10.1 Å². The minimum absolute atomic E-state index is 0.416. The van der Waals surface area contributed by atoms with Crippen molar-refractivity contribution in [1.82, 2.24) is 15.5 Å². The topological polar surface area (TPSA) is 67.0 Å². The summed E-state index contributed by atoms with van der Waals surface area (Å²) >= 11 is 0. The van der Waals surface area contributed by atoms with Gasteiger partial charge >= 0.3 is 6.09 Å². The second-order valence-electron chi connectivity index (χ2n) is 5.62. The molecule has 0 spiro atoms. The molecule has 0 aliphatic heterocycles. The summed E-state index contributed by atoms with van der Waals surface area (Å²) in [6.07, 6.45) is 1.91. The summed E-state index contributed by atoms with van der Waals surface area (Å²) in [7, 11) is 0. The first-order chi connectivity index (χ1) is 9.96. The van der Waals surface area contributed by atoms with Gasteiger partial charge in [-0.25, -0.2) is 4.79 Å². The van der Waals surface area contributed by atoms with Crippen molar-refractivity contribution in [1.29, 1.82) is 0 Å². The van der Waals surface area contributed by atoms with Crippen LogP contribution in [-0.2, 0) is 4.74 Å². The summed E-state index contributed by atoms with van der Waals surface area (Å²) in [5, 5.41) is 10.6. The van der Waals surface area contributed by atoms with E-state index in [1.165, 1.54) is 0 Å². The number of amides is 1. The predicted octanol–water partition coefficient (Wildman–Crippen LogP) is 2.83. The molecular weight excluding hydrogens is 266 g/mol. The minimum Gasteiger partial charge on any atom is -0.444 e. The Kier molecular flexibility index (Phi) is 4.49. The van der Waals surface area contributed by atoms with Crippen molar-refractivity contribution in [3.05, 3.63) is 30.0 Å². The summed E-state index contributed by atoms with van der Waals surface area (Å²) in [6.45, 7) is 5.96. The fourth-order valence-corrected chi connectivity index (χ4v) is 1.78. The van der Waals surface area contributed by atoms with Crippen molar-refractivity contribution in [2.24, 2.45) is 0 Å². The Labute approximate surface area is 124 Å². The number of nitrogens with zero attached hydrogens (tertiary/aromatic N) is 1. The molecule has 0 saturated carbocycles. The number of alkyl carbamates (subject to hydrolysis) is 1. The Hall–Kier alpha value is -2.48. The SMILES string of the molecule is CC(C)(C)OC(=O)NCCC#Cc1cccc2[nH]ncc12. The number of carbonyl (C=O) groups is 1. The van der Waals surface area contributed by atoms with Crippen LogP contribution in [0.3, 0.4) is 0 Å². The second-order valence-corrected chi connectivity index (χ2v) is 5.62. The number of aromatic nitrogens is 2. The van der Waals surface area contributed by atoms with E-state index in [0.717, 1.165) is 16.5 Å². The van der Waals surface area contributed by atoms with Crippen LogP contribution in [0.25, 0.3) is 10.9 Å². The third-order valence-corrected chi connectivity index (χ3v) is 2.63. The molecule has 2 rings (SSSR count). The van der Waals surface area contributed by atoms with Gasteiger partial charge in [-0.1, -0.05) is 17.9 Å². The highest BCUT2D eigenvalue weighted by atomic mass is 16.6. The molecule has 0 aliphatic carbocycles. The maximum atomic E-state index is 11.4. The second kappa shape index (κ2) is 6.31. The Morgan fingerprint density at radius 3 is 3.00 bits per heavy atom. The van der Waals surface area contributed by atoms with Gasteiger partial charge in [0.2, 0.25) is 0 Å². The van der Waals surface area contributed by atoms with Crippen LogP contribution >= 0.6 is 0 Å². The first-order valence-electron chi connectivity index (χ1n) is 6.83. The molecule has 1 aromatic carbocycles. The molecule has 1 amide bonds. The molecule has 1 aromatic heterocycles. The van der Waals surface area contributed by atoms with E-state index in [4.69, 9.17) is 4.74 Å². The van der Waals surface area contributed by atoms with Crippen molar-refractivity contribution in [3.8, 4) is 11.8 Å². The van der Waals surface area contributed by atoms with Gasteiger partial charge in [0.1, 0.15) is 5.60 Å². The number of carbonyl (C=O) groups excluding carboxylic acids is 1. The van der Waals surface area contributed by atoms with Crippen molar-refractivity contribution in [3.63, 3.8) is 0 Å². The molecule has 0 bridgehead atoms. The third-order valence-electron chi connectivity index (χ3n) is 2.63. The molecule has 0 radical (unpaired) electrons. The zero-order chi connectivity index (χ0) is 15.3. The van der Waals surface area contributed by atoms with E-state index in [0.29, 0.717) is 13.0 Å². The van der Waals surface area contributed by atoms with Crippen LogP contribution < -0.4 is 5.32 Å². The van der Waals surface area contributed by atoms with E-state index >= 15 is 0 Å². The number of H-pyrrole nitrogens is 1. The van der Waals surface area contributed by atoms with Crippen molar-refractivity contribution in [2.45, 2.75) is 32.8 Å². The first-order valence-corrected chi connectivity index (χ1v) is 6.83. The van der Waals surface area contributed by atoms with E-state index in [2.05, 4.69) is 27.4 Å². The Morgan fingerprint density at radius 1 is 1.43 bits per heavy atom. The molecule has 0 saturated heterocycles. The molecule has 2 aromatic rings.